The maximum atomic E-state index is 13.4. The zero-order valence-corrected chi connectivity index (χ0v) is 20.2. The van der Waals surface area contributed by atoms with Gasteiger partial charge in [0.15, 0.2) is 0 Å². The van der Waals surface area contributed by atoms with Crippen LogP contribution in [0.15, 0.2) is 67.0 Å². The minimum atomic E-state index is -0.618. The fourth-order valence-corrected chi connectivity index (χ4v) is 3.51. The van der Waals surface area contributed by atoms with Crippen molar-refractivity contribution in [3.63, 3.8) is 0 Å². The SMILES string of the molecule is CC(C)(C)OC(=O)NCc1cnc(-c2ccc(F)cc2)cc1-c1ccn(Cc2cccc(C#N)n2)n1. The third kappa shape index (κ3) is 6.30. The molecule has 4 aromatic rings. The van der Waals surface area contributed by atoms with Gasteiger partial charge in [-0.25, -0.2) is 14.2 Å². The second-order valence-corrected chi connectivity index (χ2v) is 9.11. The van der Waals surface area contributed by atoms with Crippen LogP contribution in [0, 0.1) is 17.1 Å². The third-order valence-electron chi connectivity index (χ3n) is 5.11. The topological polar surface area (TPSA) is 106 Å². The van der Waals surface area contributed by atoms with Crippen molar-refractivity contribution in [2.75, 3.05) is 0 Å². The molecule has 3 aromatic heterocycles. The monoisotopic (exact) mass is 484 g/mol. The predicted molar refractivity (Wildman–Crippen MR) is 132 cm³/mol. The average Bonchev–Trinajstić information content (AvgIpc) is 3.30. The Morgan fingerprint density at radius 3 is 2.64 bits per heavy atom. The van der Waals surface area contributed by atoms with Crippen molar-refractivity contribution < 1.29 is 13.9 Å². The van der Waals surface area contributed by atoms with Gasteiger partial charge >= 0.3 is 6.09 Å². The Labute approximate surface area is 208 Å². The van der Waals surface area contributed by atoms with Gasteiger partial charge in [0.2, 0.25) is 0 Å². The summed E-state index contributed by atoms with van der Waals surface area (Å²) in [6.45, 7) is 5.96. The first-order valence-electron chi connectivity index (χ1n) is 11.3. The number of rotatable bonds is 6. The molecule has 0 atom stereocenters. The second-order valence-electron chi connectivity index (χ2n) is 9.11. The highest BCUT2D eigenvalue weighted by molar-refractivity contribution is 5.72. The molecule has 1 N–H and O–H groups in total. The summed E-state index contributed by atoms with van der Waals surface area (Å²) in [5, 5.41) is 16.6. The first kappa shape index (κ1) is 24.5. The summed E-state index contributed by atoms with van der Waals surface area (Å²) in [5.74, 6) is -0.329. The number of amides is 1. The molecule has 0 saturated carbocycles. The third-order valence-corrected chi connectivity index (χ3v) is 5.11. The van der Waals surface area contributed by atoms with Gasteiger partial charge in [0.25, 0.3) is 0 Å². The fraction of sp³-hybridized carbons (Fsp3) is 0.222. The Balaban J connectivity index is 1.64. The first-order chi connectivity index (χ1) is 17.2. The molecule has 9 heteroatoms. The lowest BCUT2D eigenvalue weighted by Gasteiger charge is -2.20. The Hall–Kier alpha value is -4.58. The number of aromatic nitrogens is 4. The van der Waals surface area contributed by atoms with Crippen molar-refractivity contribution >= 4 is 6.09 Å². The molecule has 1 amide bonds. The normalized spacial score (nSPS) is 11.1. The maximum absolute atomic E-state index is 13.4. The van der Waals surface area contributed by atoms with Crippen molar-refractivity contribution in [2.45, 2.75) is 39.5 Å². The number of halogens is 1. The standard InChI is InChI=1S/C27H25FN6O2/c1-27(2,3)36-26(35)31-16-19-15-30-25(18-7-9-20(28)10-8-18)13-23(19)24-11-12-34(33-24)17-22-6-4-5-21(14-29)32-22/h4-13,15H,16-17H2,1-3H3,(H,31,35). The van der Waals surface area contributed by atoms with Crippen molar-refractivity contribution in [1.29, 1.82) is 5.26 Å². The minimum absolute atomic E-state index is 0.180. The lowest BCUT2D eigenvalue weighted by atomic mass is 10.0. The molecule has 36 heavy (non-hydrogen) atoms. The Kier molecular flexibility index (Phi) is 7.06. The van der Waals surface area contributed by atoms with Gasteiger partial charge < -0.3 is 10.1 Å². The molecular formula is C27H25FN6O2. The van der Waals surface area contributed by atoms with Gasteiger partial charge in [-0.05, 0) is 74.9 Å². The van der Waals surface area contributed by atoms with E-state index < -0.39 is 11.7 Å². The van der Waals surface area contributed by atoms with Crippen molar-refractivity contribution in [2.24, 2.45) is 0 Å². The first-order valence-corrected chi connectivity index (χ1v) is 11.3. The van der Waals surface area contributed by atoms with E-state index in [1.54, 1.807) is 55.9 Å². The van der Waals surface area contributed by atoms with E-state index >= 15 is 0 Å². The quantitative estimate of drug-likeness (QED) is 0.409. The lowest BCUT2D eigenvalue weighted by molar-refractivity contribution is 0.0523. The lowest BCUT2D eigenvalue weighted by Crippen LogP contribution is -2.32. The number of nitrogens with one attached hydrogen (secondary N) is 1. The molecule has 0 spiro atoms. The highest BCUT2D eigenvalue weighted by Gasteiger charge is 2.18. The van der Waals surface area contributed by atoms with E-state index in [1.807, 2.05) is 30.5 Å². The molecule has 0 radical (unpaired) electrons. The van der Waals surface area contributed by atoms with Gasteiger partial charge in [0, 0.05) is 30.1 Å². The Morgan fingerprint density at radius 1 is 1.14 bits per heavy atom. The summed E-state index contributed by atoms with van der Waals surface area (Å²) < 4.78 is 20.5. The number of benzene rings is 1. The summed E-state index contributed by atoms with van der Waals surface area (Å²) >= 11 is 0. The number of carbonyl (C=O) groups is 1. The van der Waals surface area contributed by atoms with Gasteiger partial charge in [-0.2, -0.15) is 10.4 Å². The van der Waals surface area contributed by atoms with Crippen molar-refractivity contribution in [1.82, 2.24) is 25.1 Å². The summed E-state index contributed by atoms with van der Waals surface area (Å²) in [6, 6.07) is 17.1. The van der Waals surface area contributed by atoms with E-state index in [9.17, 15) is 9.18 Å². The number of ether oxygens (including phenoxy) is 1. The Morgan fingerprint density at radius 2 is 1.92 bits per heavy atom. The summed E-state index contributed by atoms with van der Waals surface area (Å²) in [4.78, 5) is 21.0. The van der Waals surface area contributed by atoms with Crippen LogP contribution in [-0.2, 0) is 17.8 Å². The van der Waals surface area contributed by atoms with Gasteiger partial charge in [0.05, 0.1) is 23.6 Å². The number of hydrogen-bond acceptors (Lipinski definition) is 6. The van der Waals surface area contributed by atoms with E-state index in [0.717, 1.165) is 16.7 Å². The van der Waals surface area contributed by atoms with Gasteiger partial charge in [-0.1, -0.05) is 6.07 Å². The molecule has 8 nitrogen and oxygen atoms in total. The number of nitriles is 1. The van der Waals surface area contributed by atoms with Gasteiger partial charge in [-0.15, -0.1) is 0 Å². The van der Waals surface area contributed by atoms with Crippen LogP contribution in [0.1, 0.15) is 37.7 Å². The molecule has 1 aromatic carbocycles. The highest BCUT2D eigenvalue weighted by Crippen LogP contribution is 2.27. The minimum Gasteiger partial charge on any atom is -0.444 e. The maximum Gasteiger partial charge on any atom is 0.407 e. The van der Waals surface area contributed by atoms with Crippen LogP contribution in [0.2, 0.25) is 0 Å². The zero-order valence-electron chi connectivity index (χ0n) is 20.2. The molecule has 3 heterocycles. The van der Waals surface area contributed by atoms with Gasteiger partial charge in [0.1, 0.15) is 23.2 Å². The van der Waals surface area contributed by atoms with Crippen LogP contribution in [0.25, 0.3) is 22.5 Å². The number of carbonyl (C=O) groups excluding carboxylic acids is 1. The number of pyridine rings is 2. The summed E-state index contributed by atoms with van der Waals surface area (Å²) in [5.41, 5.74) is 3.99. The van der Waals surface area contributed by atoms with E-state index in [2.05, 4.69) is 20.4 Å². The molecule has 0 aliphatic carbocycles. The van der Waals surface area contributed by atoms with E-state index in [0.29, 0.717) is 29.3 Å². The zero-order chi connectivity index (χ0) is 25.7. The largest absolute Gasteiger partial charge is 0.444 e. The molecular weight excluding hydrogens is 459 g/mol. The van der Waals surface area contributed by atoms with E-state index in [-0.39, 0.29) is 12.4 Å². The van der Waals surface area contributed by atoms with Crippen LogP contribution in [0.3, 0.4) is 0 Å². The number of nitrogens with zero attached hydrogens (tertiary/aromatic N) is 5. The van der Waals surface area contributed by atoms with Crippen LogP contribution in [-0.4, -0.2) is 31.4 Å². The van der Waals surface area contributed by atoms with Crippen molar-refractivity contribution in [3.8, 4) is 28.6 Å². The second kappa shape index (κ2) is 10.4. The molecule has 4 rings (SSSR count). The Bertz CT molecular complexity index is 1420. The van der Waals surface area contributed by atoms with E-state index in [1.165, 1.54) is 12.1 Å². The molecule has 0 unspecified atom stereocenters. The molecule has 0 bridgehead atoms. The number of hydrogen-bond donors (Lipinski definition) is 1. The van der Waals surface area contributed by atoms with E-state index in [4.69, 9.17) is 10.00 Å². The summed E-state index contributed by atoms with van der Waals surface area (Å²) in [6.07, 6.45) is 2.95. The van der Waals surface area contributed by atoms with Crippen molar-refractivity contribution in [3.05, 3.63) is 89.8 Å². The van der Waals surface area contributed by atoms with Gasteiger partial charge in [-0.3, -0.25) is 9.67 Å². The number of alkyl carbamates (subject to hydrolysis) is 1. The molecule has 0 fully saturated rings. The molecule has 0 saturated heterocycles. The summed E-state index contributed by atoms with van der Waals surface area (Å²) in [7, 11) is 0. The molecule has 182 valence electrons. The van der Waals surface area contributed by atoms with Crippen LogP contribution in [0.5, 0.6) is 0 Å². The average molecular weight is 485 g/mol. The molecule has 0 aliphatic rings. The predicted octanol–water partition coefficient (Wildman–Crippen LogP) is 5.09. The van der Waals surface area contributed by atoms with Crippen LogP contribution < -0.4 is 5.32 Å². The van der Waals surface area contributed by atoms with Crippen LogP contribution >= 0.6 is 0 Å². The fourth-order valence-electron chi connectivity index (χ4n) is 3.51. The smallest absolute Gasteiger partial charge is 0.407 e. The van der Waals surface area contributed by atoms with Crippen LogP contribution in [0.4, 0.5) is 9.18 Å². The molecule has 0 aliphatic heterocycles. The highest BCUT2D eigenvalue weighted by atomic mass is 19.1.